The molecule has 0 saturated carbocycles. The van der Waals surface area contributed by atoms with Gasteiger partial charge in [0.05, 0.1) is 11.9 Å². The number of hydrogen-bond acceptors (Lipinski definition) is 5. The van der Waals surface area contributed by atoms with Crippen LogP contribution in [0.4, 0.5) is 5.82 Å². The lowest BCUT2D eigenvalue weighted by atomic mass is 10.3. The molecule has 0 aromatic carbocycles. The summed E-state index contributed by atoms with van der Waals surface area (Å²) in [6.07, 6.45) is 1.32. The molecule has 86 valence electrons. The molecule has 1 heterocycles. The van der Waals surface area contributed by atoms with Gasteiger partial charge in [-0.15, -0.1) is 0 Å². The predicted octanol–water partition coefficient (Wildman–Crippen LogP) is 2.01. The van der Waals surface area contributed by atoms with Crippen molar-refractivity contribution in [1.29, 1.82) is 5.26 Å². The van der Waals surface area contributed by atoms with Gasteiger partial charge in [-0.25, -0.2) is 9.97 Å². The normalized spacial score (nSPS) is 8.44. The minimum absolute atomic E-state index is 0.0342. The van der Waals surface area contributed by atoms with Crippen LogP contribution >= 0.6 is 28.6 Å². The minimum Gasteiger partial charge on any atom is -0.309 e. The number of aromatic nitrogens is 2. The molecular formula is C9H11BrN4OS. The number of anilines is 1. The summed E-state index contributed by atoms with van der Waals surface area (Å²) in [5.74, 6) is -0.101. The highest BCUT2D eigenvalue weighted by Crippen LogP contribution is 2.13. The van der Waals surface area contributed by atoms with Gasteiger partial charge in [-0.05, 0) is 15.9 Å². The van der Waals surface area contributed by atoms with Crippen LogP contribution in [-0.4, -0.2) is 21.6 Å². The number of carbonyl (C=O) groups excluding carboxylic acids is 1. The molecule has 0 radical (unpaired) electrons. The Balaban J connectivity index is 0.00000106. The number of amides is 1. The van der Waals surface area contributed by atoms with Crippen molar-refractivity contribution in [3.8, 4) is 6.07 Å². The molecule has 0 atom stereocenters. The first-order valence-corrected chi connectivity index (χ1v) is 5.93. The van der Waals surface area contributed by atoms with Gasteiger partial charge in [-0.3, -0.25) is 4.79 Å². The summed E-state index contributed by atoms with van der Waals surface area (Å²) in [4.78, 5) is 18.6. The standard InChI is InChI=1S/C7H5BrN4OS.C2H6/c8-7-10-2-4(1-9)6(12-7)11-5(13)3-14;1-2/h2,14H,3H2,(H,10,11,12,13);1-2H3. The number of nitrogens with one attached hydrogen (secondary N) is 1. The summed E-state index contributed by atoms with van der Waals surface area (Å²) < 4.78 is 0.311. The first-order chi connectivity index (χ1) is 7.67. The van der Waals surface area contributed by atoms with Crippen molar-refractivity contribution in [3.05, 3.63) is 16.5 Å². The highest BCUT2D eigenvalue weighted by molar-refractivity contribution is 9.10. The average Bonchev–Trinajstić information content (AvgIpc) is 2.32. The Hall–Kier alpha value is -1.13. The molecule has 0 unspecified atom stereocenters. The molecule has 0 aliphatic carbocycles. The molecule has 16 heavy (non-hydrogen) atoms. The smallest absolute Gasteiger partial charge is 0.235 e. The Morgan fingerprint density at radius 2 is 2.31 bits per heavy atom. The van der Waals surface area contributed by atoms with Crippen LogP contribution in [0.3, 0.4) is 0 Å². The van der Waals surface area contributed by atoms with Crippen molar-refractivity contribution in [3.63, 3.8) is 0 Å². The third-order valence-electron chi connectivity index (χ3n) is 1.28. The van der Waals surface area contributed by atoms with Crippen molar-refractivity contribution < 1.29 is 4.79 Å². The maximum absolute atomic E-state index is 11.0. The zero-order valence-corrected chi connectivity index (χ0v) is 11.3. The molecule has 1 N–H and O–H groups in total. The molecule has 1 aromatic rings. The van der Waals surface area contributed by atoms with Crippen LogP contribution in [0, 0.1) is 11.3 Å². The SMILES string of the molecule is CC.N#Cc1cnc(Br)nc1NC(=O)CS. The topological polar surface area (TPSA) is 78.7 Å². The molecule has 1 amide bonds. The van der Waals surface area contributed by atoms with Crippen LogP contribution in [0.15, 0.2) is 10.9 Å². The summed E-state index contributed by atoms with van der Waals surface area (Å²) in [5.41, 5.74) is 0.211. The van der Waals surface area contributed by atoms with Gasteiger partial charge in [-0.2, -0.15) is 17.9 Å². The van der Waals surface area contributed by atoms with Gasteiger partial charge >= 0.3 is 0 Å². The second-order valence-corrected chi connectivity index (χ2v) is 3.24. The number of thiol groups is 1. The molecule has 0 spiro atoms. The molecule has 0 aliphatic rings. The summed E-state index contributed by atoms with van der Waals surface area (Å²) in [7, 11) is 0. The first-order valence-electron chi connectivity index (χ1n) is 4.50. The Labute approximate surface area is 108 Å². The number of rotatable bonds is 2. The summed E-state index contributed by atoms with van der Waals surface area (Å²) in [6.45, 7) is 4.00. The van der Waals surface area contributed by atoms with E-state index in [1.807, 2.05) is 19.9 Å². The second-order valence-electron chi connectivity index (χ2n) is 2.22. The fourth-order valence-electron chi connectivity index (χ4n) is 0.709. The average molecular weight is 303 g/mol. The zero-order chi connectivity index (χ0) is 12.6. The van der Waals surface area contributed by atoms with Crippen LogP contribution in [0.1, 0.15) is 19.4 Å². The minimum atomic E-state index is -0.324. The van der Waals surface area contributed by atoms with Crippen LogP contribution in [0.2, 0.25) is 0 Å². The number of nitriles is 1. The largest absolute Gasteiger partial charge is 0.309 e. The van der Waals surface area contributed by atoms with Crippen molar-refractivity contribution in [2.24, 2.45) is 0 Å². The Bertz CT molecular complexity index is 405. The third-order valence-corrected chi connectivity index (χ3v) is 1.95. The molecule has 5 nitrogen and oxygen atoms in total. The van der Waals surface area contributed by atoms with Crippen molar-refractivity contribution in [1.82, 2.24) is 9.97 Å². The van der Waals surface area contributed by atoms with E-state index in [1.165, 1.54) is 6.20 Å². The lowest BCUT2D eigenvalue weighted by molar-refractivity contribution is -0.113. The number of hydrogen-bond donors (Lipinski definition) is 2. The predicted molar refractivity (Wildman–Crippen MR) is 68.3 cm³/mol. The highest BCUT2D eigenvalue weighted by Gasteiger charge is 2.08. The summed E-state index contributed by atoms with van der Waals surface area (Å²) in [6, 6.07) is 1.87. The molecule has 1 rings (SSSR count). The maximum atomic E-state index is 11.0. The van der Waals surface area contributed by atoms with E-state index in [9.17, 15) is 4.79 Å². The first kappa shape index (κ1) is 14.9. The van der Waals surface area contributed by atoms with Gasteiger partial charge in [0.1, 0.15) is 11.6 Å². The van der Waals surface area contributed by atoms with Gasteiger partial charge in [0, 0.05) is 0 Å². The van der Waals surface area contributed by atoms with E-state index in [1.54, 1.807) is 0 Å². The van der Waals surface area contributed by atoms with E-state index in [0.29, 0.717) is 4.73 Å². The van der Waals surface area contributed by atoms with Crippen molar-refractivity contribution in [2.75, 3.05) is 11.1 Å². The molecule has 1 aromatic heterocycles. The van der Waals surface area contributed by atoms with Crippen molar-refractivity contribution >= 4 is 40.3 Å². The van der Waals surface area contributed by atoms with E-state index >= 15 is 0 Å². The van der Waals surface area contributed by atoms with Crippen molar-refractivity contribution in [2.45, 2.75) is 13.8 Å². The molecule has 0 bridgehead atoms. The Morgan fingerprint density at radius 1 is 1.69 bits per heavy atom. The maximum Gasteiger partial charge on any atom is 0.235 e. The van der Waals surface area contributed by atoms with Crippen LogP contribution in [0.25, 0.3) is 0 Å². The quantitative estimate of drug-likeness (QED) is 0.647. The Kier molecular flexibility index (Phi) is 7.50. The van der Waals surface area contributed by atoms with Gasteiger partial charge < -0.3 is 5.32 Å². The molecular weight excluding hydrogens is 292 g/mol. The lowest BCUT2D eigenvalue weighted by Crippen LogP contribution is -2.15. The van der Waals surface area contributed by atoms with E-state index in [4.69, 9.17) is 5.26 Å². The fraction of sp³-hybridized carbons (Fsp3) is 0.333. The molecule has 0 fully saturated rings. The number of nitrogens with zero attached hydrogens (tertiary/aromatic N) is 3. The fourth-order valence-corrected chi connectivity index (χ4v) is 1.07. The van der Waals surface area contributed by atoms with Gasteiger partial charge in [0.15, 0.2) is 10.6 Å². The van der Waals surface area contributed by atoms with E-state index in [-0.39, 0.29) is 23.0 Å². The van der Waals surface area contributed by atoms with Gasteiger partial charge in [-0.1, -0.05) is 13.8 Å². The highest BCUT2D eigenvalue weighted by atomic mass is 79.9. The lowest BCUT2D eigenvalue weighted by Gasteiger charge is -2.03. The van der Waals surface area contributed by atoms with E-state index < -0.39 is 0 Å². The molecule has 0 saturated heterocycles. The molecule has 0 aliphatic heterocycles. The van der Waals surface area contributed by atoms with E-state index in [2.05, 4.69) is 43.8 Å². The zero-order valence-electron chi connectivity index (χ0n) is 8.86. The van der Waals surface area contributed by atoms with Gasteiger partial charge in [0.2, 0.25) is 5.91 Å². The third kappa shape index (κ3) is 4.59. The Morgan fingerprint density at radius 3 is 2.81 bits per heavy atom. The monoisotopic (exact) mass is 302 g/mol. The van der Waals surface area contributed by atoms with Gasteiger partial charge in [0.25, 0.3) is 0 Å². The van der Waals surface area contributed by atoms with E-state index in [0.717, 1.165) is 0 Å². The number of halogens is 1. The van der Waals surface area contributed by atoms with Crippen LogP contribution in [0.5, 0.6) is 0 Å². The number of carbonyl (C=O) groups is 1. The van der Waals surface area contributed by atoms with Crippen LogP contribution < -0.4 is 5.32 Å². The second kappa shape index (κ2) is 8.07. The van der Waals surface area contributed by atoms with Crippen LogP contribution in [-0.2, 0) is 4.79 Å². The molecule has 7 heteroatoms. The summed E-state index contributed by atoms with van der Waals surface area (Å²) >= 11 is 6.82. The summed E-state index contributed by atoms with van der Waals surface area (Å²) in [5, 5.41) is 11.1.